The third-order valence-corrected chi connectivity index (χ3v) is 6.20. The highest BCUT2D eigenvalue weighted by Gasteiger charge is 2.43. The van der Waals surface area contributed by atoms with Gasteiger partial charge in [0.25, 0.3) is 0 Å². The number of para-hydroxylation sites is 1. The van der Waals surface area contributed by atoms with Crippen LogP contribution >= 0.6 is 0 Å². The summed E-state index contributed by atoms with van der Waals surface area (Å²) >= 11 is 0. The lowest BCUT2D eigenvalue weighted by molar-refractivity contribution is -0.175. The smallest absolute Gasteiger partial charge is 0.187 e. The van der Waals surface area contributed by atoms with Crippen LogP contribution in [0.4, 0.5) is 0 Å². The van der Waals surface area contributed by atoms with E-state index >= 15 is 0 Å². The molecule has 0 saturated carbocycles. The lowest BCUT2D eigenvalue weighted by Gasteiger charge is -2.18. The van der Waals surface area contributed by atoms with Gasteiger partial charge in [0.1, 0.15) is 18.3 Å². The van der Waals surface area contributed by atoms with Crippen LogP contribution in [0.3, 0.4) is 0 Å². The molecule has 1 saturated heterocycles. The lowest BCUT2D eigenvalue weighted by Crippen LogP contribution is -2.34. The van der Waals surface area contributed by atoms with Crippen molar-refractivity contribution in [1.82, 2.24) is 9.55 Å². The predicted octanol–water partition coefficient (Wildman–Crippen LogP) is 2.14. The highest BCUT2D eigenvalue weighted by Crippen LogP contribution is 2.39. The van der Waals surface area contributed by atoms with Crippen molar-refractivity contribution in [2.75, 3.05) is 6.61 Å². The number of hydrogen-bond acceptors (Lipinski definition) is 6. The molecule has 4 atom stereocenters. The Hall–Kier alpha value is -2.55. The second kappa shape index (κ2) is 7.30. The third kappa shape index (κ3) is 2.74. The maximum Gasteiger partial charge on any atom is 0.187 e. The average molecular weight is 408 g/mol. The molecular weight excluding hydrogens is 384 g/mol. The van der Waals surface area contributed by atoms with Crippen molar-refractivity contribution in [2.45, 2.75) is 38.1 Å². The Bertz CT molecular complexity index is 1250. The summed E-state index contributed by atoms with van der Waals surface area (Å²) in [4.78, 5) is 4.32. The highest BCUT2D eigenvalue weighted by molar-refractivity contribution is 6.16. The van der Waals surface area contributed by atoms with Crippen molar-refractivity contribution in [3.8, 4) is 0 Å². The van der Waals surface area contributed by atoms with Gasteiger partial charge in [0, 0.05) is 41.1 Å². The minimum atomic E-state index is -1.22. The van der Waals surface area contributed by atoms with Crippen LogP contribution in [0.1, 0.15) is 11.1 Å². The first kappa shape index (κ1) is 19.4. The normalized spacial score (nSPS) is 24.4. The average Bonchev–Trinajstić information content (AvgIpc) is 3.22. The van der Waals surface area contributed by atoms with Crippen LogP contribution in [-0.2, 0) is 23.1 Å². The summed E-state index contributed by atoms with van der Waals surface area (Å²) in [6, 6.07) is 10.2. The molecule has 0 radical (unpaired) electrons. The van der Waals surface area contributed by atoms with Gasteiger partial charge in [0.2, 0.25) is 0 Å². The summed E-state index contributed by atoms with van der Waals surface area (Å²) in [5.41, 5.74) is 4.36. The van der Waals surface area contributed by atoms with Gasteiger partial charge >= 0.3 is 0 Å². The van der Waals surface area contributed by atoms with Crippen molar-refractivity contribution in [2.24, 2.45) is 7.05 Å². The Morgan fingerprint density at radius 1 is 1.10 bits per heavy atom. The third-order valence-electron chi connectivity index (χ3n) is 6.20. The summed E-state index contributed by atoms with van der Waals surface area (Å²) in [6.07, 6.45) is -0.678. The molecule has 156 valence electrons. The van der Waals surface area contributed by atoms with Gasteiger partial charge in [0.15, 0.2) is 6.29 Å². The van der Waals surface area contributed by atoms with E-state index in [1.54, 1.807) is 6.20 Å². The Morgan fingerprint density at radius 3 is 2.67 bits per heavy atom. The quantitative estimate of drug-likeness (QED) is 0.479. The van der Waals surface area contributed by atoms with E-state index < -0.39 is 24.6 Å². The van der Waals surface area contributed by atoms with Gasteiger partial charge in [-0.15, -0.1) is 0 Å². The molecule has 2 aromatic carbocycles. The molecule has 7 heteroatoms. The molecule has 2 aromatic heterocycles. The van der Waals surface area contributed by atoms with Crippen molar-refractivity contribution in [3.05, 3.63) is 53.9 Å². The van der Waals surface area contributed by atoms with Gasteiger partial charge in [-0.25, -0.2) is 0 Å². The molecule has 7 nitrogen and oxygen atoms in total. The van der Waals surface area contributed by atoms with Crippen LogP contribution in [0.25, 0.3) is 32.6 Å². The molecule has 0 amide bonds. The maximum absolute atomic E-state index is 10.3. The predicted molar refractivity (Wildman–Crippen MR) is 113 cm³/mol. The van der Waals surface area contributed by atoms with Crippen LogP contribution in [0.2, 0.25) is 0 Å². The van der Waals surface area contributed by atoms with E-state index in [0.717, 1.165) is 43.7 Å². The molecule has 30 heavy (non-hydrogen) atoms. The number of ether oxygens (including phenoxy) is 2. The number of benzene rings is 2. The SMILES string of the molecule is Cc1c2ccncc2c(CO[C@@H]2O[C@@H](CO)[C@@H](O)[C@H]2O)c2c3ccccc3n(C)c12. The van der Waals surface area contributed by atoms with E-state index in [-0.39, 0.29) is 13.2 Å². The molecule has 1 aliphatic heterocycles. The first-order valence-corrected chi connectivity index (χ1v) is 9.99. The molecule has 1 aliphatic rings. The molecule has 5 rings (SSSR count). The number of aliphatic hydroxyl groups excluding tert-OH is 3. The zero-order chi connectivity index (χ0) is 21.0. The summed E-state index contributed by atoms with van der Waals surface area (Å²) in [5, 5.41) is 33.9. The van der Waals surface area contributed by atoms with E-state index in [1.807, 2.05) is 24.4 Å². The number of aromatic nitrogens is 2. The molecule has 0 spiro atoms. The van der Waals surface area contributed by atoms with Gasteiger partial charge in [-0.05, 0) is 35.6 Å². The van der Waals surface area contributed by atoms with Crippen molar-refractivity contribution < 1.29 is 24.8 Å². The molecule has 4 aromatic rings. The fourth-order valence-corrected chi connectivity index (χ4v) is 4.68. The van der Waals surface area contributed by atoms with Gasteiger partial charge in [-0.3, -0.25) is 4.98 Å². The Labute approximate surface area is 173 Å². The zero-order valence-corrected chi connectivity index (χ0v) is 16.8. The zero-order valence-electron chi connectivity index (χ0n) is 16.8. The van der Waals surface area contributed by atoms with E-state index in [2.05, 4.69) is 35.7 Å². The number of rotatable bonds is 4. The second-order valence-electron chi connectivity index (χ2n) is 7.84. The highest BCUT2D eigenvalue weighted by atomic mass is 16.7. The lowest BCUT2D eigenvalue weighted by atomic mass is 9.96. The fraction of sp³-hybridized carbons (Fsp3) is 0.348. The van der Waals surface area contributed by atoms with Crippen molar-refractivity contribution in [1.29, 1.82) is 0 Å². The van der Waals surface area contributed by atoms with E-state index in [1.165, 1.54) is 0 Å². The van der Waals surface area contributed by atoms with E-state index in [4.69, 9.17) is 9.47 Å². The molecule has 1 fully saturated rings. The maximum atomic E-state index is 10.3. The van der Waals surface area contributed by atoms with Gasteiger partial charge in [0.05, 0.1) is 18.7 Å². The van der Waals surface area contributed by atoms with Gasteiger partial charge in [-0.1, -0.05) is 18.2 Å². The number of fused-ring (bicyclic) bond motifs is 4. The van der Waals surface area contributed by atoms with Crippen LogP contribution in [0.5, 0.6) is 0 Å². The topological polar surface area (TPSA) is 97.0 Å². The Morgan fingerprint density at radius 2 is 1.90 bits per heavy atom. The van der Waals surface area contributed by atoms with Gasteiger partial charge in [-0.2, -0.15) is 0 Å². The number of aliphatic hydroxyl groups is 3. The fourth-order valence-electron chi connectivity index (χ4n) is 4.68. The minimum absolute atomic E-state index is 0.166. The number of pyridine rings is 1. The summed E-state index contributed by atoms with van der Waals surface area (Å²) in [5.74, 6) is 0. The number of aryl methyl sites for hydroxylation is 2. The monoisotopic (exact) mass is 408 g/mol. The first-order valence-electron chi connectivity index (χ1n) is 9.99. The van der Waals surface area contributed by atoms with Crippen LogP contribution in [0.15, 0.2) is 42.7 Å². The number of nitrogens with zero attached hydrogens (tertiary/aromatic N) is 2. The van der Waals surface area contributed by atoms with Crippen LogP contribution < -0.4 is 0 Å². The molecule has 3 heterocycles. The van der Waals surface area contributed by atoms with E-state index in [0.29, 0.717) is 0 Å². The summed E-state index contributed by atoms with van der Waals surface area (Å²) in [6.45, 7) is 1.89. The second-order valence-corrected chi connectivity index (χ2v) is 7.84. The molecular formula is C23H24N2O5. The largest absolute Gasteiger partial charge is 0.394 e. The molecule has 0 unspecified atom stereocenters. The Balaban J connectivity index is 1.68. The van der Waals surface area contributed by atoms with Gasteiger partial charge < -0.3 is 29.4 Å². The minimum Gasteiger partial charge on any atom is -0.394 e. The molecule has 0 bridgehead atoms. The Kier molecular flexibility index (Phi) is 4.72. The first-order chi connectivity index (χ1) is 14.5. The van der Waals surface area contributed by atoms with Crippen LogP contribution in [-0.4, -0.2) is 56.1 Å². The molecule has 0 aliphatic carbocycles. The van der Waals surface area contributed by atoms with E-state index in [9.17, 15) is 15.3 Å². The number of hydrogen-bond donors (Lipinski definition) is 3. The van der Waals surface area contributed by atoms with Crippen molar-refractivity contribution >= 4 is 32.6 Å². The van der Waals surface area contributed by atoms with Crippen LogP contribution in [0, 0.1) is 6.92 Å². The standard InChI is InChI=1S/C23H24N2O5/c1-12-13-7-8-24-9-15(13)16(11-29-23-22(28)21(27)18(10-26)30-23)19-14-5-3-4-6-17(14)25(2)20(12)19/h3-9,18,21-23,26-28H,10-11H2,1-2H3/t18-,21+,22+,23+/m0/s1. The van der Waals surface area contributed by atoms with Crippen molar-refractivity contribution in [3.63, 3.8) is 0 Å². The summed E-state index contributed by atoms with van der Waals surface area (Å²) in [7, 11) is 2.06. The summed E-state index contributed by atoms with van der Waals surface area (Å²) < 4.78 is 13.6. The molecule has 3 N–H and O–H groups in total.